The average molecular weight is 308 g/mol. The van der Waals surface area contributed by atoms with Gasteiger partial charge in [0.2, 0.25) is 0 Å². The summed E-state index contributed by atoms with van der Waals surface area (Å²) in [6.07, 6.45) is 0.590. The van der Waals surface area contributed by atoms with Gasteiger partial charge in [0.25, 0.3) is 0 Å². The van der Waals surface area contributed by atoms with Gasteiger partial charge in [0, 0.05) is 16.6 Å². The first kappa shape index (κ1) is 15.8. The van der Waals surface area contributed by atoms with Crippen LogP contribution in [0.15, 0.2) is 36.4 Å². The first-order valence-electron chi connectivity index (χ1n) is 6.81. The van der Waals surface area contributed by atoms with Gasteiger partial charge in [-0.3, -0.25) is 0 Å². The summed E-state index contributed by atoms with van der Waals surface area (Å²) in [4.78, 5) is 0. The average Bonchev–Trinajstić information content (AvgIpc) is 2.48. The maximum Gasteiger partial charge on any atom is 0.123 e. The molecule has 112 valence electrons. The van der Waals surface area contributed by atoms with Gasteiger partial charge in [0.15, 0.2) is 0 Å². The second-order valence-corrected chi connectivity index (χ2v) is 5.43. The van der Waals surface area contributed by atoms with Crippen LogP contribution < -0.4 is 10.1 Å². The third kappa shape index (κ3) is 3.74. The fourth-order valence-corrected chi connectivity index (χ4v) is 2.59. The molecule has 2 aromatic rings. The minimum absolute atomic E-state index is 0.000139. The van der Waals surface area contributed by atoms with E-state index in [0.29, 0.717) is 11.4 Å². The van der Waals surface area contributed by atoms with Crippen LogP contribution in [0.1, 0.15) is 22.7 Å². The van der Waals surface area contributed by atoms with Gasteiger partial charge < -0.3 is 10.1 Å². The third-order valence-electron chi connectivity index (χ3n) is 3.54. The number of halogens is 2. The van der Waals surface area contributed by atoms with E-state index in [9.17, 15) is 4.39 Å². The second kappa shape index (κ2) is 6.92. The maximum atomic E-state index is 13.4. The van der Waals surface area contributed by atoms with Crippen molar-refractivity contribution in [2.24, 2.45) is 0 Å². The number of benzene rings is 2. The molecule has 21 heavy (non-hydrogen) atoms. The van der Waals surface area contributed by atoms with Gasteiger partial charge in [0.05, 0.1) is 7.11 Å². The normalized spacial score (nSPS) is 12.2. The number of hydrogen-bond donors (Lipinski definition) is 1. The molecule has 2 nitrogen and oxygen atoms in total. The van der Waals surface area contributed by atoms with Crippen molar-refractivity contribution in [2.75, 3.05) is 14.2 Å². The summed E-state index contributed by atoms with van der Waals surface area (Å²) in [7, 11) is 3.53. The Bertz CT molecular complexity index is 630. The summed E-state index contributed by atoms with van der Waals surface area (Å²) in [6.45, 7) is 2.02. The molecule has 0 bridgehead atoms. The monoisotopic (exact) mass is 307 g/mol. The van der Waals surface area contributed by atoms with Crippen LogP contribution >= 0.6 is 11.6 Å². The Labute approximate surface area is 129 Å². The van der Waals surface area contributed by atoms with Crippen molar-refractivity contribution in [2.45, 2.75) is 19.4 Å². The molecule has 0 spiro atoms. The number of aryl methyl sites for hydroxylation is 1. The van der Waals surface area contributed by atoms with Crippen LogP contribution in [0.25, 0.3) is 0 Å². The Morgan fingerprint density at radius 1 is 1.24 bits per heavy atom. The summed E-state index contributed by atoms with van der Waals surface area (Å²) in [5.74, 6) is 0.544. The lowest BCUT2D eigenvalue weighted by Crippen LogP contribution is -2.20. The number of methoxy groups -OCH3 is 1. The van der Waals surface area contributed by atoms with Crippen molar-refractivity contribution in [3.8, 4) is 5.75 Å². The lowest BCUT2D eigenvalue weighted by molar-refractivity contribution is 0.401. The molecule has 1 atom stereocenters. The second-order valence-electron chi connectivity index (χ2n) is 5.03. The van der Waals surface area contributed by atoms with E-state index in [0.717, 1.165) is 22.4 Å². The van der Waals surface area contributed by atoms with Gasteiger partial charge >= 0.3 is 0 Å². The van der Waals surface area contributed by atoms with E-state index < -0.39 is 0 Å². The van der Waals surface area contributed by atoms with E-state index in [4.69, 9.17) is 16.3 Å². The van der Waals surface area contributed by atoms with Crippen molar-refractivity contribution >= 4 is 11.6 Å². The number of likely N-dealkylation sites (N-methyl/N-ethyl adjacent to an activating group) is 1. The quantitative estimate of drug-likeness (QED) is 0.889. The predicted octanol–water partition coefficient (Wildman–Crippen LogP) is 4.30. The summed E-state index contributed by atoms with van der Waals surface area (Å²) >= 11 is 6.16. The summed E-state index contributed by atoms with van der Waals surface area (Å²) < 4.78 is 18.9. The Balaban J connectivity index is 2.34. The molecular weight excluding hydrogens is 289 g/mol. The van der Waals surface area contributed by atoms with Crippen LogP contribution in [0.2, 0.25) is 5.02 Å². The molecule has 0 aliphatic rings. The molecule has 0 radical (unpaired) electrons. The van der Waals surface area contributed by atoms with Crippen LogP contribution in [-0.4, -0.2) is 14.2 Å². The molecule has 0 fully saturated rings. The smallest absolute Gasteiger partial charge is 0.123 e. The molecule has 0 saturated heterocycles. The van der Waals surface area contributed by atoms with Crippen molar-refractivity contribution in [1.29, 1.82) is 0 Å². The fraction of sp³-hybridized carbons (Fsp3) is 0.294. The lowest BCUT2D eigenvalue weighted by atomic mass is 9.97. The molecule has 2 rings (SSSR count). The zero-order chi connectivity index (χ0) is 15.4. The van der Waals surface area contributed by atoms with Crippen molar-refractivity contribution < 1.29 is 9.13 Å². The summed E-state index contributed by atoms with van der Waals surface area (Å²) in [5, 5.41) is 3.82. The molecule has 0 aliphatic heterocycles. The number of rotatable bonds is 5. The Morgan fingerprint density at radius 3 is 2.67 bits per heavy atom. The number of hydrogen-bond acceptors (Lipinski definition) is 2. The van der Waals surface area contributed by atoms with Crippen molar-refractivity contribution in [3.05, 3.63) is 63.9 Å². The van der Waals surface area contributed by atoms with Gasteiger partial charge in [0.1, 0.15) is 11.6 Å². The minimum atomic E-state index is -0.278. The van der Waals surface area contributed by atoms with Crippen molar-refractivity contribution in [3.63, 3.8) is 0 Å². The predicted molar refractivity (Wildman–Crippen MR) is 84.6 cm³/mol. The van der Waals surface area contributed by atoms with Gasteiger partial charge in [-0.1, -0.05) is 23.7 Å². The van der Waals surface area contributed by atoms with Gasteiger partial charge in [-0.25, -0.2) is 4.39 Å². The van der Waals surface area contributed by atoms with E-state index in [-0.39, 0.29) is 11.9 Å². The number of nitrogens with one attached hydrogen (secondary N) is 1. The molecule has 1 unspecified atom stereocenters. The largest absolute Gasteiger partial charge is 0.496 e. The Morgan fingerprint density at radius 2 is 2.00 bits per heavy atom. The van der Waals surface area contributed by atoms with Gasteiger partial charge in [-0.05, 0) is 55.8 Å². The minimum Gasteiger partial charge on any atom is -0.496 e. The number of ether oxygens (including phenoxy) is 1. The SMILES string of the molecule is CNC(Cc1cc(F)ccc1Cl)c1ccc(C)cc1OC. The van der Waals surface area contributed by atoms with E-state index in [1.54, 1.807) is 13.2 Å². The molecule has 0 aliphatic carbocycles. The first-order chi connectivity index (χ1) is 10.0. The first-order valence-corrected chi connectivity index (χ1v) is 7.18. The van der Waals surface area contributed by atoms with E-state index in [2.05, 4.69) is 5.32 Å². The van der Waals surface area contributed by atoms with Crippen LogP contribution in [0.4, 0.5) is 4.39 Å². The van der Waals surface area contributed by atoms with Gasteiger partial charge in [-0.15, -0.1) is 0 Å². The molecule has 0 saturated carbocycles. The molecule has 1 N–H and O–H groups in total. The Kier molecular flexibility index (Phi) is 5.21. The highest BCUT2D eigenvalue weighted by Gasteiger charge is 2.17. The van der Waals surface area contributed by atoms with E-state index in [1.165, 1.54) is 12.1 Å². The van der Waals surface area contributed by atoms with Crippen LogP contribution in [-0.2, 0) is 6.42 Å². The third-order valence-corrected chi connectivity index (χ3v) is 3.91. The zero-order valence-electron chi connectivity index (χ0n) is 12.4. The lowest BCUT2D eigenvalue weighted by Gasteiger charge is -2.20. The topological polar surface area (TPSA) is 21.3 Å². The van der Waals surface area contributed by atoms with Crippen LogP contribution in [0, 0.1) is 12.7 Å². The highest BCUT2D eigenvalue weighted by atomic mass is 35.5. The van der Waals surface area contributed by atoms with Crippen LogP contribution in [0.5, 0.6) is 5.75 Å². The molecular formula is C17H19ClFNO. The molecule has 2 aromatic carbocycles. The summed E-state index contributed by atoms with van der Waals surface area (Å²) in [6, 6.07) is 10.5. The van der Waals surface area contributed by atoms with Crippen molar-refractivity contribution in [1.82, 2.24) is 5.32 Å². The van der Waals surface area contributed by atoms with Crippen LogP contribution in [0.3, 0.4) is 0 Å². The van der Waals surface area contributed by atoms with E-state index >= 15 is 0 Å². The molecule has 0 amide bonds. The fourth-order valence-electron chi connectivity index (χ4n) is 2.39. The Hall–Kier alpha value is -1.58. The molecule has 0 aromatic heterocycles. The standard InChI is InChI=1S/C17H19ClFNO/c1-11-4-6-14(17(8-11)21-3)16(20-2)10-12-9-13(19)5-7-15(12)18/h4-9,16,20H,10H2,1-3H3. The van der Waals surface area contributed by atoms with E-state index in [1.807, 2.05) is 32.2 Å². The molecule has 0 heterocycles. The highest BCUT2D eigenvalue weighted by molar-refractivity contribution is 6.31. The molecule has 4 heteroatoms. The zero-order valence-corrected chi connectivity index (χ0v) is 13.2. The summed E-state index contributed by atoms with van der Waals surface area (Å²) in [5.41, 5.74) is 2.94. The maximum absolute atomic E-state index is 13.4. The van der Waals surface area contributed by atoms with Gasteiger partial charge in [-0.2, -0.15) is 0 Å². The highest BCUT2D eigenvalue weighted by Crippen LogP contribution is 2.30.